The molecule has 0 unspecified atom stereocenters. The second-order valence-corrected chi connectivity index (χ2v) is 3.08. The average Bonchev–Trinajstić information content (AvgIpc) is 2.12. The van der Waals surface area contributed by atoms with Gasteiger partial charge in [0.05, 0.1) is 6.42 Å². The molecule has 0 aliphatic carbocycles. The van der Waals surface area contributed by atoms with Gasteiger partial charge < -0.3 is 0 Å². The van der Waals surface area contributed by atoms with Crippen LogP contribution in [0.1, 0.15) is 22.4 Å². The van der Waals surface area contributed by atoms with Crippen LogP contribution in [0.5, 0.6) is 0 Å². The lowest BCUT2D eigenvalue weighted by molar-refractivity contribution is -0.803. The number of nitrogens with one attached hydrogen (secondary N) is 1. The smallest absolute Gasteiger partial charge is 0.247 e. The van der Waals surface area contributed by atoms with E-state index >= 15 is 0 Å². The largest absolute Gasteiger partial charge is 0.311 e. The van der Waals surface area contributed by atoms with Crippen LogP contribution < -0.4 is 4.57 Å². The predicted octanol–water partition coefficient (Wildman–Crippen LogP) is 0.593. The molecule has 0 aromatic carbocycles. The van der Waals surface area contributed by atoms with E-state index in [4.69, 9.17) is 4.15 Å². The molecule has 0 saturated carbocycles. The number of nitrogens with zero attached hydrogens (tertiary/aromatic N) is 1. The Kier molecular flexibility index (Phi) is 0.382. The average molecular weight is 129 g/mol. The van der Waals surface area contributed by atoms with Crippen molar-refractivity contribution in [2.24, 2.45) is 0 Å². The maximum atomic E-state index is 7.55. The van der Waals surface area contributed by atoms with Crippen LogP contribution in [0, 0.1) is 0 Å². The molecule has 0 fully saturated rings. The highest BCUT2D eigenvalue weighted by atomic mass is 15.2. The van der Waals surface area contributed by atoms with Gasteiger partial charge in [-0.25, -0.2) is 9.54 Å². The maximum absolute atomic E-state index is 7.55. The third kappa shape index (κ3) is 0.479. The lowest BCUT2D eigenvalue weighted by atomic mass is 9.93. The lowest BCUT2D eigenvalue weighted by Gasteiger charge is -2.29. The topological polar surface area (TPSA) is 19.7 Å². The SMILES string of the molecule is [3H]c1c([3H])[n+]2c(n1[3H])CC2(C)C. The minimum absolute atomic E-state index is 0.0180. The Morgan fingerprint density at radius 1 is 2.00 bits per heavy atom. The summed E-state index contributed by atoms with van der Waals surface area (Å²) < 4.78 is 24.1. The van der Waals surface area contributed by atoms with Gasteiger partial charge in [-0.3, -0.25) is 0 Å². The van der Waals surface area contributed by atoms with Crippen LogP contribution in [-0.4, -0.2) is 4.98 Å². The molecule has 2 heteroatoms. The molecule has 1 aliphatic rings. The molecule has 2 rings (SSSR count). The summed E-state index contributed by atoms with van der Waals surface area (Å²) in [5, 5.41) is 0. The van der Waals surface area contributed by atoms with Crippen molar-refractivity contribution in [3.8, 4) is 0 Å². The molecule has 0 saturated heterocycles. The van der Waals surface area contributed by atoms with Gasteiger partial charge in [0.2, 0.25) is 0 Å². The molecular formula is C7H11N2+. The van der Waals surface area contributed by atoms with Crippen LogP contribution in [0.3, 0.4) is 0 Å². The van der Waals surface area contributed by atoms with E-state index < -0.39 is 0 Å². The van der Waals surface area contributed by atoms with Gasteiger partial charge in [0.25, 0.3) is 5.82 Å². The van der Waals surface area contributed by atoms with Crippen molar-refractivity contribution >= 4 is 0 Å². The van der Waals surface area contributed by atoms with Crippen LogP contribution in [0.4, 0.5) is 0 Å². The minimum Gasteiger partial charge on any atom is -0.247 e. The quantitative estimate of drug-likeness (QED) is 0.495. The highest BCUT2D eigenvalue weighted by Crippen LogP contribution is 2.20. The molecule has 1 aromatic rings. The first-order valence-corrected chi connectivity index (χ1v) is 3.08. The minimum atomic E-state index is -0.0749. The lowest BCUT2D eigenvalue weighted by Crippen LogP contribution is -2.64. The normalized spacial score (nSPS) is 25.3. The second-order valence-electron chi connectivity index (χ2n) is 3.08. The first kappa shape index (κ1) is 2.86. The summed E-state index contributed by atoms with van der Waals surface area (Å²) in [6.45, 7) is 4.02. The Morgan fingerprint density at radius 2 is 2.78 bits per heavy atom. The molecule has 48 valence electrons. The van der Waals surface area contributed by atoms with Crippen LogP contribution >= 0.6 is 0 Å². The van der Waals surface area contributed by atoms with Gasteiger partial charge in [0.15, 0.2) is 0 Å². The van der Waals surface area contributed by atoms with Crippen molar-refractivity contribution in [1.29, 1.82) is 0 Å². The molecule has 0 radical (unpaired) electrons. The monoisotopic (exact) mass is 129 g/mol. The summed E-state index contributed by atoms with van der Waals surface area (Å²) in [5.41, 5.74) is -0.0749. The summed E-state index contributed by atoms with van der Waals surface area (Å²) >= 11 is 0. The highest BCUT2D eigenvalue weighted by Gasteiger charge is 2.41. The Labute approximate surface area is 58.8 Å². The molecule has 0 spiro atoms. The van der Waals surface area contributed by atoms with Gasteiger partial charge in [-0.1, -0.05) is 0 Å². The van der Waals surface area contributed by atoms with E-state index in [0.717, 1.165) is 17.2 Å². The Bertz CT molecular complexity index is 335. The van der Waals surface area contributed by atoms with E-state index in [1.54, 1.807) is 4.57 Å². The van der Waals surface area contributed by atoms with Crippen molar-refractivity contribution in [1.82, 2.24) is 4.98 Å². The van der Waals surface area contributed by atoms with Crippen LogP contribution in [0.2, 0.25) is 1.41 Å². The number of aromatic nitrogens is 2. The number of rotatable bonds is 0. The summed E-state index contributed by atoms with van der Waals surface area (Å²) in [4.78, 5) is 1.04. The van der Waals surface area contributed by atoms with Crippen molar-refractivity contribution in [2.75, 3.05) is 0 Å². The molecule has 1 aromatic heterocycles. The van der Waals surface area contributed by atoms with Gasteiger partial charge in [0, 0.05) is 0 Å². The summed E-state index contributed by atoms with van der Waals surface area (Å²) in [5.74, 6) is 0.759. The number of fused-ring (bicyclic) bond motifs is 1. The van der Waals surface area contributed by atoms with E-state index in [2.05, 4.69) is 0 Å². The number of hydrogen-bond acceptors (Lipinski definition) is 0. The van der Waals surface area contributed by atoms with Gasteiger partial charge in [0.1, 0.15) is 20.6 Å². The van der Waals surface area contributed by atoms with Crippen molar-refractivity contribution in [3.05, 3.63) is 18.2 Å². The zero-order chi connectivity index (χ0) is 9.09. The summed E-state index contributed by atoms with van der Waals surface area (Å²) in [6.07, 6.45) is 0.910. The number of imidazole rings is 1. The third-order valence-corrected chi connectivity index (χ3v) is 1.80. The molecule has 9 heavy (non-hydrogen) atoms. The maximum Gasteiger partial charge on any atom is 0.311 e. The first-order chi connectivity index (χ1) is 5.45. The number of hydrogen-bond donors (Lipinski definition) is 1. The highest BCUT2D eigenvalue weighted by molar-refractivity contribution is 4.91. The fourth-order valence-corrected chi connectivity index (χ4v) is 1.25. The molecule has 2 heterocycles. The van der Waals surface area contributed by atoms with E-state index in [-0.39, 0.29) is 17.9 Å². The van der Waals surface area contributed by atoms with E-state index in [1.165, 1.54) is 0 Å². The van der Waals surface area contributed by atoms with Gasteiger partial charge in [-0.15, -0.1) is 0 Å². The van der Waals surface area contributed by atoms with Crippen molar-refractivity contribution < 1.29 is 8.72 Å². The van der Waals surface area contributed by atoms with Crippen LogP contribution in [0.25, 0.3) is 0 Å². The zero-order valence-electron chi connectivity index (χ0n) is 8.60. The van der Waals surface area contributed by atoms with Gasteiger partial charge >= 0.3 is 1.41 Å². The molecule has 2 nitrogen and oxygen atoms in total. The van der Waals surface area contributed by atoms with Gasteiger partial charge in [-0.05, 0) is 13.8 Å². The predicted molar refractivity (Wildman–Crippen MR) is 34.0 cm³/mol. The van der Waals surface area contributed by atoms with Gasteiger partial charge in [-0.2, -0.15) is 0 Å². The van der Waals surface area contributed by atoms with E-state index in [0.29, 0.717) is 0 Å². The zero-order valence-corrected chi connectivity index (χ0v) is 5.60. The first-order valence-electron chi connectivity index (χ1n) is 4.52. The van der Waals surface area contributed by atoms with Crippen LogP contribution in [-0.2, 0) is 12.0 Å². The fraction of sp³-hybridized carbons (Fsp3) is 0.571. The molecule has 0 amide bonds. The second kappa shape index (κ2) is 1.20. The third-order valence-electron chi connectivity index (χ3n) is 1.80. The van der Waals surface area contributed by atoms with E-state index in [9.17, 15) is 0 Å². The fourth-order valence-electron chi connectivity index (χ4n) is 1.25. The van der Waals surface area contributed by atoms with Crippen molar-refractivity contribution in [3.63, 3.8) is 0 Å². The Hall–Kier alpha value is -0.790. The Morgan fingerprint density at radius 3 is 3.22 bits per heavy atom. The van der Waals surface area contributed by atoms with Crippen molar-refractivity contribution in [2.45, 2.75) is 25.8 Å². The van der Waals surface area contributed by atoms with Crippen LogP contribution in [0.15, 0.2) is 12.3 Å². The Balaban J connectivity index is 2.68. The molecular weight excluding hydrogens is 112 g/mol. The summed E-state index contributed by atoms with van der Waals surface area (Å²) in [7, 11) is 0. The molecule has 1 N–H and O–H groups in total. The standard InChI is InChI=1S/C7H10N2/c1-7(2)5-6-8-3-4-9(6)7/h3-4H,5H2,1-2H3/p+1/i3T,4T/hT. The molecule has 1 aliphatic heterocycles. The molecule has 0 atom stereocenters. The number of aromatic amines is 1. The van der Waals surface area contributed by atoms with E-state index in [1.807, 2.05) is 13.8 Å². The molecule has 0 bridgehead atoms. The summed E-state index contributed by atoms with van der Waals surface area (Å²) in [6, 6.07) is 0. The number of H-pyrrole nitrogens is 1.